The Bertz CT molecular complexity index is 204. The van der Waals surface area contributed by atoms with Crippen molar-refractivity contribution in [2.75, 3.05) is 5.75 Å². The topological polar surface area (TPSA) is 34.1 Å². The van der Waals surface area contributed by atoms with Gasteiger partial charge in [0.25, 0.3) is 0 Å². The molecule has 0 aliphatic heterocycles. The minimum Gasteiger partial charge on any atom is -0.220 e. The molecular formula is C5H9F3O2S. The summed E-state index contributed by atoms with van der Waals surface area (Å²) in [5.41, 5.74) is -5.08. The van der Waals surface area contributed by atoms with Gasteiger partial charge in [0.1, 0.15) is 0 Å². The van der Waals surface area contributed by atoms with Crippen molar-refractivity contribution < 1.29 is 21.6 Å². The van der Waals surface area contributed by atoms with E-state index in [9.17, 15) is 21.6 Å². The minimum atomic E-state index is -5.08. The lowest BCUT2D eigenvalue weighted by Gasteiger charge is -2.05. The molecule has 2 nitrogen and oxygen atoms in total. The van der Waals surface area contributed by atoms with Gasteiger partial charge in [-0.3, -0.25) is 0 Å². The highest BCUT2D eigenvalue weighted by molar-refractivity contribution is 7.92. The Morgan fingerprint density at radius 1 is 1.27 bits per heavy atom. The van der Waals surface area contributed by atoms with Crippen molar-refractivity contribution >= 4 is 9.84 Å². The number of halogens is 3. The van der Waals surface area contributed by atoms with Gasteiger partial charge in [-0.2, -0.15) is 13.2 Å². The van der Waals surface area contributed by atoms with Crippen molar-refractivity contribution in [2.24, 2.45) is 0 Å². The van der Waals surface area contributed by atoms with Crippen LogP contribution in [-0.2, 0) is 9.84 Å². The molecule has 0 unspecified atom stereocenters. The summed E-state index contributed by atoms with van der Waals surface area (Å²) in [5, 5.41) is 0. The molecular weight excluding hydrogens is 181 g/mol. The summed E-state index contributed by atoms with van der Waals surface area (Å²) in [6.07, 6.45) is 0.497. The molecule has 0 atom stereocenters. The fraction of sp³-hybridized carbons (Fsp3) is 1.00. The van der Waals surface area contributed by atoms with Gasteiger partial charge in [0.2, 0.25) is 9.84 Å². The summed E-state index contributed by atoms with van der Waals surface area (Å²) in [6, 6.07) is 0. The molecule has 0 aromatic carbocycles. The van der Waals surface area contributed by atoms with E-state index in [0.717, 1.165) is 0 Å². The summed E-state index contributed by atoms with van der Waals surface area (Å²) in [6.45, 7) is 1.63. The maximum absolute atomic E-state index is 11.6. The lowest BCUT2D eigenvalue weighted by molar-refractivity contribution is -0.0435. The van der Waals surface area contributed by atoms with Gasteiger partial charge in [-0.1, -0.05) is 13.3 Å². The van der Waals surface area contributed by atoms with Crippen molar-refractivity contribution in [2.45, 2.75) is 25.3 Å². The van der Waals surface area contributed by atoms with E-state index in [0.29, 0.717) is 6.42 Å². The van der Waals surface area contributed by atoms with Crippen LogP contribution in [0.2, 0.25) is 0 Å². The highest BCUT2D eigenvalue weighted by Gasteiger charge is 2.44. The molecule has 0 spiro atoms. The first-order valence-corrected chi connectivity index (χ1v) is 4.75. The Morgan fingerprint density at radius 3 is 2.00 bits per heavy atom. The third kappa shape index (κ3) is 3.09. The van der Waals surface area contributed by atoms with E-state index in [1.54, 1.807) is 6.92 Å². The first-order valence-electron chi connectivity index (χ1n) is 3.10. The summed E-state index contributed by atoms with van der Waals surface area (Å²) < 4.78 is 55.3. The zero-order valence-electron chi connectivity index (χ0n) is 5.98. The monoisotopic (exact) mass is 190 g/mol. The van der Waals surface area contributed by atoms with Crippen LogP contribution in [0.1, 0.15) is 19.8 Å². The van der Waals surface area contributed by atoms with E-state index in [1.807, 2.05) is 0 Å². The summed E-state index contributed by atoms with van der Waals surface area (Å²) in [7, 11) is -4.86. The van der Waals surface area contributed by atoms with Gasteiger partial charge in [-0.15, -0.1) is 0 Å². The van der Waals surface area contributed by atoms with Crippen LogP contribution < -0.4 is 0 Å². The average Bonchev–Trinajstić information content (AvgIpc) is 1.81. The van der Waals surface area contributed by atoms with E-state index in [2.05, 4.69) is 0 Å². The molecule has 11 heavy (non-hydrogen) atoms. The zero-order chi connectivity index (χ0) is 9.12. The molecule has 0 saturated carbocycles. The summed E-state index contributed by atoms with van der Waals surface area (Å²) >= 11 is 0. The molecule has 0 aromatic rings. The molecule has 0 amide bonds. The Balaban J connectivity index is 4.26. The summed E-state index contributed by atoms with van der Waals surface area (Å²) in [4.78, 5) is 0. The summed E-state index contributed by atoms with van der Waals surface area (Å²) in [5.74, 6) is -0.799. The van der Waals surface area contributed by atoms with Crippen molar-refractivity contribution in [3.8, 4) is 0 Å². The van der Waals surface area contributed by atoms with Crippen LogP contribution in [0.3, 0.4) is 0 Å². The van der Waals surface area contributed by atoms with Crippen LogP contribution in [0.15, 0.2) is 0 Å². The van der Waals surface area contributed by atoms with Gasteiger partial charge < -0.3 is 0 Å². The van der Waals surface area contributed by atoms with E-state index < -0.39 is 21.1 Å². The first kappa shape index (κ1) is 10.7. The third-order valence-corrected chi connectivity index (χ3v) is 2.65. The SMILES string of the molecule is CCCCS(=O)(=O)C(F)(F)F. The zero-order valence-corrected chi connectivity index (χ0v) is 6.80. The van der Waals surface area contributed by atoms with E-state index >= 15 is 0 Å². The number of rotatable bonds is 3. The van der Waals surface area contributed by atoms with Gasteiger partial charge in [0, 0.05) is 0 Å². The normalized spacial score (nSPS) is 13.5. The van der Waals surface area contributed by atoms with E-state index in [1.165, 1.54) is 0 Å². The molecule has 0 fully saturated rings. The standard InChI is InChI=1S/C5H9F3O2S/c1-2-3-4-11(9,10)5(6,7)8/h2-4H2,1H3. The van der Waals surface area contributed by atoms with E-state index in [4.69, 9.17) is 0 Å². The Morgan fingerprint density at radius 2 is 1.73 bits per heavy atom. The maximum atomic E-state index is 11.6. The smallest absolute Gasteiger partial charge is 0.220 e. The molecule has 0 N–H and O–H groups in total. The second kappa shape index (κ2) is 3.42. The van der Waals surface area contributed by atoms with Crippen molar-refractivity contribution in [3.05, 3.63) is 0 Å². The number of hydrogen-bond acceptors (Lipinski definition) is 2. The largest absolute Gasteiger partial charge is 0.497 e. The number of unbranched alkanes of at least 4 members (excludes halogenated alkanes) is 1. The molecule has 0 aliphatic carbocycles. The van der Waals surface area contributed by atoms with Crippen LogP contribution in [-0.4, -0.2) is 19.7 Å². The molecule has 6 heteroatoms. The van der Waals surface area contributed by atoms with Crippen LogP contribution >= 0.6 is 0 Å². The Labute approximate surface area is 63.3 Å². The van der Waals surface area contributed by atoms with Crippen molar-refractivity contribution in [3.63, 3.8) is 0 Å². The van der Waals surface area contributed by atoms with Crippen LogP contribution in [0.25, 0.3) is 0 Å². The highest BCUT2D eigenvalue weighted by atomic mass is 32.2. The molecule has 68 valence electrons. The fourth-order valence-electron chi connectivity index (χ4n) is 0.450. The molecule has 0 saturated heterocycles. The van der Waals surface area contributed by atoms with Crippen molar-refractivity contribution in [1.29, 1.82) is 0 Å². The van der Waals surface area contributed by atoms with Crippen LogP contribution in [0.4, 0.5) is 13.2 Å². The van der Waals surface area contributed by atoms with Crippen LogP contribution in [0, 0.1) is 0 Å². The number of sulfone groups is 1. The molecule has 0 bridgehead atoms. The average molecular weight is 190 g/mol. The predicted molar refractivity (Wildman–Crippen MR) is 34.7 cm³/mol. The van der Waals surface area contributed by atoms with Gasteiger partial charge in [-0.25, -0.2) is 8.42 Å². The number of hydrogen-bond donors (Lipinski definition) is 0. The molecule has 0 aromatic heterocycles. The van der Waals surface area contributed by atoms with Gasteiger partial charge >= 0.3 is 5.51 Å². The fourth-order valence-corrected chi connectivity index (χ4v) is 1.35. The quantitative estimate of drug-likeness (QED) is 0.679. The lowest BCUT2D eigenvalue weighted by Crippen LogP contribution is -2.25. The predicted octanol–water partition coefficient (Wildman–Crippen LogP) is 1.72. The lowest BCUT2D eigenvalue weighted by atomic mass is 10.4. The Kier molecular flexibility index (Phi) is 3.34. The maximum Gasteiger partial charge on any atom is 0.497 e. The first-order chi connectivity index (χ1) is 4.81. The Hall–Kier alpha value is -0.260. The highest BCUT2D eigenvalue weighted by Crippen LogP contribution is 2.24. The second-order valence-corrected chi connectivity index (χ2v) is 4.22. The van der Waals surface area contributed by atoms with Crippen molar-refractivity contribution in [1.82, 2.24) is 0 Å². The van der Waals surface area contributed by atoms with Gasteiger partial charge in [0.15, 0.2) is 0 Å². The number of alkyl halides is 3. The van der Waals surface area contributed by atoms with Gasteiger partial charge in [-0.05, 0) is 6.42 Å². The molecule has 0 radical (unpaired) electrons. The van der Waals surface area contributed by atoms with Gasteiger partial charge in [0.05, 0.1) is 5.75 Å². The van der Waals surface area contributed by atoms with E-state index in [-0.39, 0.29) is 6.42 Å². The molecule has 0 heterocycles. The van der Waals surface area contributed by atoms with Crippen LogP contribution in [0.5, 0.6) is 0 Å². The third-order valence-electron chi connectivity index (χ3n) is 1.12. The molecule has 0 aliphatic rings. The second-order valence-electron chi connectivity index (χ2n) is 2.12. The molecule has 0 rings (SSSR count). The minimum absolute atomic E-state index is 0.0574.